The van der Waals surface area contributed by atoms with Crippen LogP contribution < -0.4 is 9.46 Å². The van der Waals surface area contributed by atoms with E-state index in [1.165, 1.54) is 5.38 Å². The minimum absolute atomic E-state index is 0.0885. The summed E-state index contributed by atoms with van der Waals surface area (Å²) >= 11 is 13.0. The molecule has 0 spiro atoms. The third-order valence-electron chi connectivity index (χ3n) is 3.60. The first-order chi connectivity index (χ1) is 12.4. The standard InChI is InChI=1S/C18H15Cl2NO3S2/c1-12(21-26(22,23)17-16(19)11-25-18(17)20)13-6-5-9-15(10-13)24-14-7-3-2-4-8-14/h2-12,21H,1H3. The molecule has 2 aromatic carbocycles. The largest absolute Gasteiger partial charge is 0.457 e. The Morgan fingerprint density at radius 2 is 1.73 bits per heavy atom. The molecular weight excluding hydrogens is 413 g/mol. The number of ether oxygens (including phenoxy) is 1. The predicted octanol–water partition coefficient (Wildman–Crippen LogP) is 5.89. The minimum Gasteiger partial charge on any atom is -0.457 e. The van der Waals surface area contributed by atoms with Gasteiger partial charge in [0.2, 0.25) is 10.0 Å². The Balaban J connectivity index is 1.80. The fourth-order valence-electron chi connectivity index (χ4n) is 2.37. The van der Waals surface area contributed by atoms with Gasteiger partial charge in [0, 0.05) is 11.4 Å². The highest BCUT2D eigenvalue weighted by molar-refractivity contribution is 7.90. The van der Waals surface area contributed by atoms with Crippen LogP contribution in [0.15, 0.2) is 64.9 Å². The summed E-state index contributed by atoms with van der Waals surface area (Å²) in [5, 5.41) is 1.61. The molecule has 0 aliphatic rings. The van der Waals surface area contributed by atoms with Gasteiger partial charge in [-0.2, -0.15) is 0 Å². The summed E-state index contributed by atoms with van der Waals surface area (Å²) < 4.78 is 33.7. The number of para-hydroxylation sites is 1. The summed E-state index contributed by atoms with van der Waals surface area (Å²) in [7, 11) is -3.84. The van der Waals surface area contributed by atoms with Crippen LogP contribution in [0.25, 0.3) is 0 Å². The van der Waals surface area contributed by atoms with E-state index >= 15 is 0 Å². The van der Waals surface area contributed by atoms with Gasteiger partial charge in [0.15, 0.2) is 0 Å². The fourth-order valence-corrected chi connectivity index (χ4v) is 5.88. The van der Waals surface area contributed by atoms with Gasteiger partial charge in [-0.3, -0.25) is 0 Å². The molecule has 0 saturated carbocycles. The molecule has 3 aromatic rings. The number of halogens is 2. The van der Waals surface area contributed by atoms with Crippen LogP contribution in [0.4, 0.5) is 0 Å². The van der Waals surface area contributed by atoms with Gasteiger partial charge in [-0.1, -0.05) is 53.5 Å². The molecule has 0 aliphatic heterocycles. The van der Waals surface area contributed by atoms with Crippen molar-refractivity contribution in [1.29, 1.82) is 0 Å². The van der Waals surface area contributed by atoms with E-state index in [-0.39, 0.29) is 14.3 Å². The number of hydrogen-bond donors (Lipinski definition) is 1. The maximum atomic E-state index is 12.6. The Bertz CT molecular complexity index is 985. The number of thiophene rings is 1. The second-order valence-electron chi connectivity index (χ2n) is 5.52. The third kappa shape index (κ3) is 4.39. The molecule has 0 radical (unpaired) electrons. The highest BCUT2D eigenvalue weighted by Crippen LogP contribution is 2.36. The van der Waals surface area contributed by atoms with Crippen LogP contribution in [-0.4, -0.2) is 8.42 Å². The van der Waals surface area contributed by atoms with E-state index in [9.17, 15) is 8.42 Å². The number of nitrogens with one attached hydrogen (secondary N) is 1. The van der Waals surface area contributed by atoms with E-state index < -0.39 is 16.1 Å². The molecule has 0 bridgehead atoms. The summed E-state index contributed by atoms with van der Waals surface area (Å²) in [6, 6.07) is 16.1. The van der Waals surface area contributed by atoms with Crippen molar-refractivity contribution in [3.63, 3.8) is 0 Å². The molecule has 1 N–H and O–H groups in total. The van der Waals surface area contributed by atoms with Crippen molar-refractivity contribution in [2.75, 3.05) is 0 Å². The van der Waals surface area contributed by atoms with Gasteiger partial charge in [-0.25, -0.2) is 13.1 Å². The number of rotatable bonds is 6. The Labute approximate surface area is 166 Å². The normalized spacial score (nSPS) is 12.7. The van der Waals surface area contributed by atoms with Crippen molar-refractivity contribution in [2.45, 2.75) is 17.9 Å². The molecule has 26 heavy (non-hydrogen) atoms. The molecule has 3 rings (SSSR count). The van der Waals surface area contributed by atoms with Gasteiger partial charge in [0.05, 0.1) is 5.02 Å². The highest BCUT2D eigenvalue weighted by Gasteiger charge is 2.25. The zero-order chi connectivity index (χ0) is 18.7. The summed E-state index contributed by atoms with van der Waals surface area (Å²) in [5.41, 5.74) is 0.754. The van der Waals surface area contributed by atoms with Crippen molar-refractivity contribution >= 4 is 44.6 Å². The molecule has 0 amide bonds. The summed E-state index contributed by atoms with van der Waals surface area (Å²) in [5.74, 6) is 1.32. The van der Waals surface area contributed by atoms with E-state index in [0.29, 0.717) is 11.5 Å². The smallest absolute Gasteiger partial charge is 0.244 e. The molecule has 1 aromatic heterocycles. The van der Waals surface area contributed by atoms with Crippen molar-refractivity contribution in [3.8, 4) is 11.5 Å². The second-order valence-corrected chi connectivity index (χ2v) is 9.06. The molecule has 136 valence electrons. The number of sulfonamides is 1. The van der Waals surface area contributed by atoms with Gasteiger partial charge in [-0.15, -0.1) is 11.3 Å². The maximum absolute atomic E-state index is 12.6. The van der Waals surface area contributed by atoms with Crippen LogP contribution in [0.2, 0.25) is 9.36 Å². The number of benzene rings is 2. The monoisotopic (exact) mass is 427 g/mol. The molecule has 8 heteroatoms. The lowest BCUT2D eigenvalue weighted by molar-refractivity contribution is 0.481. The van der Waals surface area contributed by atoms with Crippen LogP contribution in [0.1, 0.15) is 18.5 Å². The number of hydrogen-bond acceptors (Lipinski definition) is 4. The lowest BCUT2D eigenvalue weighted by Crippen LogP contribution is -2.27. The molecule has 4 nitrogen and oxygen atoms in total. The fraction of sp³-hybridized carbons (Fsp3) is 0.111. The molecule has 1 unspecified atom stereocenters. The van der Waals surface area contributed by atoms with Crippen molar-refractivity contribution in [3.05, 3.63) is 74.9 Å². The average Bonchev–Trinajstić information content (AvgIpc) is 2.95. The van der Waals surface area contributed by atoms with Crippen LogP contribution in [-0.2, 0) is 10.0 Å². The van der Waals surface area contributed by atoms with Gasteiger partial charge in [-0.05, 0) is 36.8 Å². The lowest BCUT2D eigenvalue weighted by Gasteiger charge is -2.16. The highest BCUT2D eigenvalue weighted by atomic mass is 35.5. The third-order valence-corrected chi connectivity index (χ3v) is 7.23. The Kier molecular flexibility index (Phi) is 5.89. The van der Waals surface area contributed by atoms with E-state index in [4.69, 9.17) is 27.9 Å². The molecule has 0 fully saturated rings. The van der Waals surface area contributed by atoms with Gasteiger partial charge in [0.25, 0.3) is 0 Å². The van der Waals surface area contributed by atoms with Crippen LogP contribution in [0.5, 0.6) is 11.5 Å². The first-order valence-corrected chi connectivity index (χ1v) is 10.8. The van der Waals surface area contributed by atoms with E-state index in [2.05, 4.69) is 4.72 Å². The van der Waals surface area contributed by atoms with E-state index in [0.717, 1.165) is 16.9 Å². The maximum Gasteiger partial charge on any atom is 0.244 e. The Morgan fingerprint density at radius 1 is 1.04 bits per heavy atom. The Hall–Kier alpha value is -1.57. The minimum atomic E-state index is -3.84. The summed E-state index contributed by atoms with van der Waals surface area (Å²) in [4.78, 5) is -0.0885. The SMILES string of the molecule is CC(NS(=O)(=O)c1c(Cl)csc1Cl)c1cccc(Oc2ccccc2)c1. The van der Waals surface area contributed by atoms with Crippen LogP contribution in [0, 0.1) is 0 Å². The topological polar surface area (TPSA) is 55.4 Å². The zero-order valence-electron chi connectivity index (χ0n) is 13.6. The van der Waals surface area contributed by atoms with Crippen LogP contribution in [0.3, 0.4) is 0 Å². The van der Waals surface area contributed by atoms with Crippen molar-refractivity contribution in [1.82, 2.24) is 4.72 Å². The quantitative estimate of drug-likeness (QED) is 0.533. The van der Waals surface area contributed by atoms with Crippen molar-refractivity contribution in [2.24, 2.45) is 0 Å². The molecule has 0 saturated heterocycles. The van der Waals surface area contributed by atoms with Gasteiger partial charge >= 0.3 is 0 Å². The average molecular weight is 428 g/mol. The molecule has 1 atom stereocenters. The summed E-state index contributed by atoms with van der Waals surface area (Å²) in [6.45, 7) is 1.74. The molecule has 0 aliphatic carbocycles. The Morgan fingerprint density at radius 3 is 2.38 bits per heavy atom. The van der Waals surface area contributed by atoms with Crippen molar-refractivity contribution < 1.29 is 13.2 Å². The summed E-state index contributed by atoms with van der Waals surface area (Å²) in [6.07, 6.45) is 0. The van der Waals surface area contributed by atoms with Gasteiger partial charge in [0.1, 0.15) is 20.7 Å². The second kappa shape index (κ2) is 7.98. The first-order valence-electron chi connectivity index (χ1n) is 7.64. The zero-order valence-corrected chi connectivity index (χ0v) is 16.8. The first kappa shape index (κ1) is 19.2. The molecule has 1 heterocycles. The molecular formula is C18H15Cl2NO3S2. The lowest BCUT2D eigenvalue weighted by atomic mass is 10.1. The van der Waals surface area contributed by atoms with Gasteiger partial charge < -0.3 is 4.74 Å². The van der Waals surface area contributed by atoms with Crippen LogP contribution >= 0.6 is 34.5 Å². The van der Waals surface area contributed by atoms with E-state index in [1.807, 2.05) is 48.5 Å². The van der Waals surface area contributed by atoms with E-state index in [1.54, 1.807) is 13.0 Å². The predicted molar refractivity (Wildman–Crippen MR) is 106 cm³/mol.